The van der Waals surface area contributed by atoms with Gasteiger partial charge in [-0.1, -0.05) is 66.7 Å². The maximum atomic E-state index is 14.1. The first-order chi connectivity index (χ1) is 41.1. The molecule has 9 atom stereocenters. The number of fused-ring (bicyclic) bond motifs is 3. The van der Waals surface area contributed by atoms with E-state index in [1.807, 2.05) is 30.3 Å². The number of benzene rings is 5. The normalized spacial score (nSPS) is 20.5. The topological polar surface area (TPSA) is 396 Å². The molecule has 5 aromatic rings. The number of unbranched alkanes of at least 4 members (excludes halogenated alkanes) is 1. The molecule has 8 rings (SSSR count). The number of carbonyl (C=O) groups is 8. The molecule has 14 N–H and O–H groups in total. The van der Waals surface area contributed by atoms with Crippen LogP contribution in [0.2, 0.25) is 0 Å². The summed E-state index contributed by atoms with van der Waals surface area (Å²) in [7, 11) is 1.29. The van der Waals surface area contributed by atoms with Crippen LogP contribution < -0.4 is 42.8 Å². The minimum atomic E-state index is -2.41. The lowest BCUT2D eigenvalue weighted by Crippen LogP contribution is -2.56. The number of nitrogens with two attached hydrogens (primary N) is 2. The predicted octanol–water partition coefficient (Wildman–Crippen LogP) is 3.34. The van der Waals surface area contributed by atoms with Crippen LogP contribution in [-0.2, 0) is 64.2 Å². The molecule has 2 aliphatic carbocycles. The number of hydrogen-bond donors (Lipinski definition) is 12. The summed E-state index contributed by atoms with van der Waals surface area (Å²) >= 11 is 0. The lowest BCUT2D eigenvalue weighted by molar-refractivity contribution is -0.249. The summed E-state index contributed by atoms with van der Waals surface area (Å²) in [6.07, 6.45) is -6.96. The van der Waals surface area contributed by atoms with Crippen molar-refractivity contribution in [1.29, 1.82) is 0 Å². The molecular formula is C61H69N7O18. The molecule has 5 aromatic carbocycles. The fourth-order valence-corrected chi connectivity index (χ4v) is 10.5. The van der Waals surface area contributed by atoms with E-state index in [1.165, 1.54) is 39.2 Å². The summed E-state index contributed by atoms with van der Waals surface area (Å²) in [5, 5.41) is 69.7. The van der Waals surface area contributed by atoms with Gasteiger partial charge in [-0.2, -0.15) is 0 Å². The fraction of sp³-hybridized carbons (Fsp3) is 0.377. The summed E-state index contributed by atoms with van der Waals surface area (Å²) < 4.78 is 28.4. The third-order valence-electron chi connectivity index (χ3n) is 15.1. The third kappa shape index (κ3) is 14.6. The summed E-state index contributed by atoms with van der Waals surface area (Å²) in [5.74, 6) is -5.88. The zero-order chi connectivity index (χ0) is 62.0. The Hall–Kier alpha value is -8.82. The van der Waals surface area contributed by atoms with Gasteiger partial charge in [0.05, 0.1) is 48.1 Å². The van der Waals surface area contributed by atoms with E-state index in [9.17, 15) is 63.9 Å². The SMILES string of the molecule is COc1cccc2c1C(=O)c1c(O)c3c(c(O)c1C2=O)C[C@@](O)(C(=O)CO)C[C@@H]3O[C@H]1C[C@H](NC(=O)OCc2ccc(NC(=O)OCc3ccc(NC(=O)[C@H](CCCCN)NC(=O)[C@H](Cc4ccccc4)NC(=O)[C@@H](C)N)cc3)cc2)[C@H](O)[C@H](C)O1. The van der Waals surface area contributed by atoms with Crippen LogP contribution in [0.4, 0.5) is 21.0 Å². The number of aliphatic hydroxyl groups excluding tert-OH is 2. The molecule has 1 heterocycles. The number of aromatic hydroxyl groups is 2. The van der Waals surface area contributed by atoms with Crippen molar-refractivity contribution in [2.24, 2.45) is 11.5 Å². The van der Waals surface area contributed by atoms with Gasteiger partial charge in [-0.05, 0) is 86.7 Å². The van der Waals surface area contributed by atoms with Gasteiger partial charge in [-0.15, -0.1) is 0 Å². The van der Waals surface area contributed by atoms with Crippen LogP contribution in [0.25, 0.3) is 0 Å². The molecule has 3 aliphatic rings. The van der Waals surface area contributed by atoms with Crippen molar-refractivity contribution in [3.8, 4) is 17.2 Å². The van der Waals surface area contributed by atoms with Crippen molar-refractivity contribution in [2.45, 2.75) is 126 Å². The third-order valence-corrected chi connectivity index (χ3v) is 15.1. The molecule has 25 heteroatoms. The minimum Gasteiger partial charge on any atom is -0.507 e. The highest BCUT2D eigenvalue weighted by atomic mass is 16.7. The van der Waals surface area contributed by atoms with E-state index in [1.54, 1.807) is 48.5 Å². The molecule has 5 amide bonds. The number of anilines is 2. The Morgan fingerprint density at radius 1 is 0.744 bits per heavy atom. The van der Waals surface area contributed by atoms with Crippen LogP contribution in [-0.4, -0.2) is 141 Å². The first-order valence-corrected chi connectivity index (χ1v) is 27.8. The number of methoxy groups -OCH3 is 1. The molecule has 1 fully saturated rings. The predicted molar refractivity (Wildman–Crippen MR) is 307 cm³/mol. The van der Waals surface area contributed by atoms with E-state index >= 15 is 0 Å². The number of Topliss-reactive ketones (excluding diaryl/α,β-unsaturated/α-hetero) is 1. The van der Waals surface area contributed by atoms with Gasteiger partial charge in [-0.3, -0.25) is 34.1 Å². The molecule has 0 bridgehead atoms. The number of alkyl carbamates (subject to hydrolysis) is 1. The molecular weight excluding hydrogens is 1120 g/mol. The van der Waals surface area contributed by atoms with Crippen molar-refractivity contribution < 1.29 is 87.6 Å². The van der Waals surface area contributed by atoms with Crippen molar-refractivity contribution in [3.63, 3.8) is 0 Å². The molecule has 1 saturated heterocycles. The fourth-order valence-electron chi connectivity index (χ4n) is 10.5. The highest BCUT2D eigenvalue weighted by Gasteiger charge is 2.50. The lowest BCUT2D eigenvalue weighted by Gasteiger charge is -2.42. The van der Waals surface area contributed by atoms with E-state index in [2.05, 4.69) is 26.6 Å². The van der Waals surface area contributed by atoms with E-state index in [0.29, 0.717) is 41.9 Å². The minimum absolute atomic E-state index is 0.0288. The second-order valence-corrected chi connectivity index (χ2v) is 21.3. The number of nitrogens with one attached hydrogen (secondary N) is 5. The van der Waals surface area contributed by atoms with Crippen molar-refractivity contribution in [1.82, 2.24) is 16.0 Å². The zero-order valence-electron chi connectivity index (χ0n) is 47.3. The Bertz CT molecular complexity index is 3340. The molecule has 0 spiro atoms. The second kappa shape index (κ2) is 27.9. The Kier molecular flexibility index (Phi) is 20.5. The van der Waals surface area contributed by atoms with Crippen molar-refractivity contribution in [2.75, 3.05) is 30.9 Å². The van der Waals surface area contributed by atoms with Gasteiger partial charge in [0.2, 0.25) is 23.5 Å². The smallest absolute Gasteiger partial charge is 0.411 e. The van der Waals surface area contributed by atoms with Crippen LogP contribution in [0.3, 0.4) is 0 Å². The molecule has 0 aromatic heterocycles. The number of rotatable bonds is 23. The van der Waals surface area contributed by atoms with Gasteiger partial charge < -0.3 is 82.0 Å². The molecule has 0 unspecified atom stereocenters. The van der Waals surface area contributed by atoms with Crippen LogP contribution >= 0.6 is 0 Å². The lowest BCUT2D eigenvalue weighted by atomic mass is 9.72. The number of amides is 5. The maximum absolute atomic E-state index is 14.1. The number of aliphatic hydroxyl groups is 3. The van der Waals surface area contributed by atoms with E-state index in [4.69, 9.17) is 35.2 Å². The van der Waals surface area contributed by atoms with Crippen LogP contribution in [0.1, 0.15) is 112 Å². The molecule has 0 saturated carbocycles. The first-order valence-electron chi connectivity index (χ1n) is 27.8. The number of carbonyl (C=O) groups excluding carboxylic acids is 8. The van der Waals surface area contributed by atoms with Crippen LogP contribution in [0.15, 0.2) is 97.1 Å². The first kappa shape index (κ1) is 63.2. The quantitative estimate of drug-likeness (QED) is 0.0323. The summed E-state index contributed by atoms with van der Waals surface area (Å²) in [4.78, 5) is 107. The number of ketones is 3. The largest absolute Gasteiger partial charge is 0.507 e. The number of hydrogen-bond acceptors (Lipinski definition) is 20. The average Bonchev–Trinajstić information content (AvgIpc) is 0.743. The Morgan fingerprint density at radius 2 is 1.37 bits per heavy atom. The average molecular weight is 1190 g/mol. The number of phenolic OH excluding ortho intramolecular Hbond substituents is 2. The number of ether oxygens (including phenoxy) is 5. The van der Waals surface area contributed by atoms with Crippen molar-refractivity contribution >= 4 is 58.6 Å². The Labute approximate surface area is 493 Å². The summed E-state index contributed by atoms with van der Waals surface area (Å²) in [6.45, 7) is 1.86. The van der Waals surface area contributed by atoms with Crippen LogP contribution in [0.5, 0.6) is 17.2 Å². The van der Waals surface area contributed by atoms with Gasteiger partial charge in [0.1, 0.15) is 60.9 Å². The molecule has 456 valence electrons. The maximum Gasteiger partial charge on any atom is 0.411 e. The Morgan fingerprint density at radius 3 is 2.00 bits per heavy atom. The molecule has 86 heavy (non-hydrogen) atoms. The molecule has 1 aliphatic heterocycles. The highest BCUT2D eigenvalue weighted by molar-refractivity contribution is 6.31. The molecule has 0 radical (unpaired) electrons. The van der Waals surface area contributed by atoms with E-state index in [0.717, 1.165) is 5.56 Å². The summed E-state index contributed by atoms with van der Waals surface area (Å²) in [5.41, 5.74) is 9.76. The second-order valence-electron chi connectivity index (χ2n) is 21.3. The zero-order valence-corrected chi connectivity index (χ0v) is 47.3. The van der Waals surface area contributed by atoms with Gasteiger partial charge >= 0.3 is 12.2 Å². The van der Waals surface area contributed by atoms with E-state index < -0.39 is 144 Å². The van der Waals surface area contributed by atoms with Gasteiger partial charge in [0.15, 0.2) is 17.9 Å². The van der Waals surface area contributed by atoms with Gasteiger partial charge in [0.25, 0.3) is 0 Å². The van der Waals surface area contributed by atoms with Crippen LogP contribution in [0, 0.1) is 0 Å². The van der Waals surface area contributed by atoms with Crippen molar-refractivity contribution in [3.05, 3.63) is 147 Å². The monoisotopic (exact) mass is 1190 g/mol. The van der Waals surface area contributed by atoms with Gasteiger partial charge in [0, 0.05) is 53.7 Å². The summed E-state index contributed by atoms with van der Waals surface area (Å²) in [6, 6.07) is 22.2. The molecule has 25 nitrogen and oxygen atoms in total. The highest BCUT2D eigenvalue weighted by Crippen LogP contribution is 2.52. The standard InChI is InChI=1S/C61H69N7O18/c1-31(63)56(76)67-42(24-33-10-5-4-6-11-33)58(78)66-40(13-7-8-23-62)57(77)64-36-19-15-34(16-20-36)29-83-59(79)65-37-21-17-35(18-22-37)30-84-60(80)68-41-25-46(85-32(2)51(41)71)86-44-27-61(81,45(70)28-69)26-39-48(44)55(75)50-49(53(39)73)52(72)38-12-9-14-43(82-3)47(38)54(50)74/h4-6,9-12,14-22,31-32,40-42,44,46,51,69,71,73,75,81H,7-8,13,23-30,62-63H2,1-3H3,(H,64,77)(H,65,79)(H,66,78)(H,67,76)(H,68,80)/t31-,32+,40+,41+,42+,44+,46+,51-,61+/m1/s1. The Balaban J connectivity index is 0.829. The number of phenols is 2. The van der Waals surface area contributed by atoms with E-state index in [-0.39, 0.29) is 60.5 Å². The van der Waals surface area contributed by atoms with Gasteiger partial charge in [-0.25, -0.2) is 9.59 Å².